The fourth-order valence-corrected chi connectivity index (χ4v) is 6.90. The van der Waals surface area contributed by atoms with Gasteiger partial charge in [0.2, 0.25) is 15.9 Å². The summed E-state index contributed by atoms with van der Waals surface area (Å²) in [6, 6.07) is 16.1. The number of amides is 1. The summed E-state index contributed by atoms with van der Waals surface area (Å²) in [6.45, 7) is 1.87. The molecule has 6 nitrogen and oxygen atoms in total. The molecule has 2 aromatic heterocycles. The zero-order valence-corrected chi connectivity index (χ0v) is 20.5. The lowest BCUT2D eigenvalue weighted by Gasteiger charge is -2.33. The van der Waals surface area contributed by atoms with Crippen molar-refractivity contribution in [2.24, 2.45) is 5.92 Å². The highest BCUT2D eigenvalue weighted by molar-refractivity contribution is 7.89. The van der Waals surface area contributed by atoms with Crippen LogP contribution in [-0.2, 0) is 27.8 Å². The molecular weight excluding hydrogens is 474 g/mol. The van der Waals surface area contributed by atoms with Crippen molar-refractivity contribution in [3.05, 3.63) is 74.6 Å². The van der Waals surface area contributed by atoms with E-state index in [0.717, 1.165) is 11.3 Å². The Kier molecular flexibility index (Phi) is 7.60. The Hall–Kier alpha value is -2.51. The number of hydrogen-bond acceptors (Lipinski definition) is 6. The first-order valence-corrected chi connectivity index (χ1v) is 14.0. The average molecular weight is 500 g/mol. The lowest BCUT2D eigenvalue weighted by Crippen LogP contribution is -2.44. The van der Waals surface area contributed by atoms with E-state index in [1.165, 1.54) is 33.4 Å². The first kappa shape index (κ1) is 23.6. The van der Waals surface area contributed by atoms with Crippen molar-refractivity contribution in [2.45, 2.75) is 30.7 Å². The molecule has 0 saturated carbocycles. The van der Waals surface area contributed by atoms with E-state index in [9.17, 15) is 13.2 Å². The molecule has 1 aliphatic heterocycles. The van der Waals surface area contributed by atoms with Crippen LogP contribution in [0.3, 0.4) is 0 Å². The van der Waals surface area contributed by atoms with E-state index in [1.54, 1.807) is 22.7 Å². The number of benzene rings is 1. The summed E-state index contributed by atoms with van der Waals surface area (Å²) in [6.07, 6.45) is 1.84. The minimum atomic E-state index is -3.64. The van der Waals surface area contributed by atoms with Crippen molar-refractivity contribution >= 4 is 38.6 Å². The van der Waals surface area contributed by atoms with Gasteiger partial charge in [0.15, 0.2) is 0 Å². The lowest BCUT2D eigenvalue weighted by molar-refractivity contribution is -0.137. The number of piperidine rings is 1. The first-order valence-electron chi connectivity index (χ1n) is 10.8. The second kappa shape index (κ2) is 10.6. The Morgan fingerprint density at radius 3 is 2.24 bits per heavy atom. The van der Waals surface area contributed by atoms with Gasteiger partial charge in [0.05, 0.1) is 23.1 Å². The summed E-state index contributed by atoms with van der Waals surface area (Å²) in [7, 11) is -3.64. The third-order valence-electron chi connectivity index (χ3n) is 5.87. The molecule has 0 N–H and O–H groups in total. The van der Waals surface area contributed by atoms with Crippen LogP contribution < -0.4 is 0 Å². The maximum atomic E-state index is 13.4. The van der Waals surface area contributed by atoms with Crippen LogP contribution in [0.25, 0.3) is 0 Å². The highest BCUT2D eigenvalue weighted by Gasteiger charge is 2.34. The zero-order chi connectivity index (χ0) is 23.3. The van der Waals surface area contributed by atoms with Gasteiger partial charge in [-0.15, -0.1) is 22.7 Å². The molecule has 1 saturated heterocycles. The Labute approximate surface area is 202 Å². The summed E-state index contributed by atoms with van der Waals surface area (Å²) >= 11 is 3.34. The monoisotopic (exact) mass is 499 g/mol. The van der Waals surface area contributed by atoms with Crippen molar-refractivity contribution in [2.75, 3.05) is 19.6 Å². The summed E-state index contributed by atoms with van der Waals surface area (Å²) < 4.78 is 27.4. The number of hydrogen-bond donors (Lipinski definition) is 0. The van der Waals surface area contributed by atoms with Crippen LogP contribution in [0.2, 0.25) is 0 Å². The van der Waals surface area contributed by atoms with Gasteiger partial charge in [-0.05, 0) is 66.4 Å². The van der Waals surface area contributed by atoms with Crippen LogP contribution in [0.5, 0.6) is 0 Å². The van der Waals surface area contributed by atoms with Gasteiger partial charge >= 0.3 is 0 Å². The van der Waals surface area contributed by atoms with Crippen molar-refractivity contribution < 1.29 is 13.2 Å². The normalized spacial score (nSPS) is 15.2. The number of carbonyl (C=O) groups excluding carboxylic acids is 1. The topological polar surface area (TPSA) is 81.5 Å². The van der Waals surface area contributed by atoms with Gasteiger partial charge in [0.25, 0.3) is 0 Å². The predicted octanol–water partition coefficient (Wildman–Crippen LogP) is 4.35. The second-order valence-corrected chi connectivity index (χ2v) is 12.0. The third-order valence-corrected chi connectivity index (χ3v) is 9.58. The van der Waals surface area contributed by atoms with Gasteiger partial charge in [0, 0.05) is 35.3 Å². The predicted molar refractivity (Wildman–Crippen MR) is 130 cm³/mol. The fourth-order valence-electron chi connectivity index (χ4n) is 4.01. The van der Waals surface area contributed by atoms with Crippen LogP contribution in [0.1, 0.15) is 28.2 Å². The van der Waals surface area contributed by atoms with E-state index in [1.807, 2.05) is 39.9 Å². The Morgan fingerprint density at radius 1 is 1.03 bits per heavy atom. The Morgan fingerprint density at radius 2 is 1.67 bits per heavy atom. The molecule has 172 valence electrons. The quantitative estimate of drug-likeness (QED) is 0.461. The summed E-state index contributed by atoms with van der Waals surface area (Å²) in [5.41, 5.74) is 0.423. The summed E-state index contributed by atoms with van der Waals surface area (Å²) in [5.74, 6) is -0.0731. The molecule has 33 heavy (non-hydrogen) atoms. The minimum Gasteiger partial charge on any atom is -0.337 e. The molecule has 0 bridgehead atoms. The van der Waals surface area contributed by atoms with Crippen LogP contribution in [0, 0.1) is 17.2 Å². The lowest BCUT2D eigenvalue weighted by atomic mass is 9.96. The number of sulfonamides is 1. The molecule has 4 rings (SSSR count). The zero-order valence-electron chi connectivity index (χ0n) is 18.1. The minimum absolute atomic E-state index is 0.107. The van der Waals surface area contributed by atoms with Crippen molar-refractivity contribution in [3.63, 3.8) is 0 Å². The Balaban J connectivity index is 1.40. The number of nitriles is 1. The van der Waals surface area contributed by atoms with Crippen molar-refractivity contribution in [3.8, 4) is 6.07 Å². The second-order valence-electron chi connectivity index (χ2n) is 7.98. The molecule has 1 fully saturated rings. The summed E-state index contributed by atoms with van der Waals surface area (Å²) in [5, 5.41) is 13.0. The van der Waals surface area contributed by atoms with E-state index in [4.69, 9.17) is 5.26 Å². The van der Waals surface area contributed by atoms with Crippen molar-refractivity contribution in [1.82, 2.24) is 9.21 Å². The number of carbonyl (C=O) groups is 1. The van der Waals surface area contributed by atoms with E-state index in [2.05, 4.69) is 6.07 Å². The first-order chi connectivity index (χ1) is 16.0. The molecule has 0 spiro atoms. The molecule has 0 radical (unpaired) electrons. The molecule has 1 aliphatic rings. The third kappa shape index (κ3) is 5.71. The molecule has 9 heteroatoms. The van der Waals surface area contributed by atoms with E-state index in [0.29, 0.717) is 44.6 Å². The molecule has 0 atom stereocenters. The van der Waals surface area contributed by atoms with Crippen LogP contribution in [0.15, 0.2) is 64.2 Å². The number of nitrogens with zero attached hydrogens (tertiary/aromatic N) is 3. The fraction of sp³-hybridized carbons (Fsp3) is 0.333. The van der Waals surface area contributed by atoms with Gasteiger partial charge in [-0.3, -0.25) is 4.79 Å². The van der Waals surface area contributed by atoms with E-state index in [-0.39, 0.29) is 16.7 Å². The van der Waals surface area contributed by atoms with Crippen LogP contribution in [-0.4, -0.2) is 43.2 Å². The van der Waals surface area contributed by atoms with E-state index >= 15 is 0 Å². The van der Waals surface area contributed by atoms with Gasteiger partial charge < -0.3 is 4.90 Å². The average Bonchev–Trinajstić information content (AvgIpc) is 3.56. The highest BCUT2D eigenvalue weighted by Crippen LogP contribution is 2.26. The van der Waals surface area contributed by atoms with Crippen molar-refractivity contribution in [1.29, 1.82) is 5.26 Å². The molecule has 0 unspecified atom stereocenters. The molecule has 1 amide bonds. The van der Waals surface area contributed by atoms with E-state index < -0.39 is 10.0 Å². The largest absolute Gasteiger partial charge is 0.337 e. The standard InChI is InChI=1S/C24H25N3O3S3/c25-17-19-5-7-23(8-6-19)33(29,30)27-13-9-20(10-14-27)24(28)26(18-22-4-2-16-32-22)12-11-21-3-1-15-31-21/h1-8,15-16,20H,9-14,18H2. The Bertz CT molecular complexity index is 1190. The van der Waals surface area contributed by atoms with Crippen LogP contribution >= 0.6 is 22.7 Å². The molecule has 3 aromatic rings. The molecule has 3 heterocycles. The SMILES string of the molecule is N#Cc1ccc(S(=O)(=O)N2CCC(C(=O)N(CCc3cccs3)Cc3cccs3)CC2)cc1. The van der Waals surface area contributed by atoms with Gasteiger partial charge in [-0.1, -0.05) is 12.1 Å². The number of rotatable bonds is 8. The maximum Gasteiger partial charge on any atom is 0.243 e. The molecule has 1 aromatic carbocycles. The smallest absolute Gasteiger partial charge is 0.243 e. The highest BCUT2D eigenvalue weighted by atomic mass is 32.2. The molecular formula is C24H25N3O3S3. The molecule has 0 aliphatic carbocycles. The summed E-state index contributed by atoms with van der Waals surface area (Å²) in [4.78, 5) is 17.9. The number of thiophene rings is 2. The van der Waals surface area contributed by atoms with Gasteiger partial charge in [0.1, 0.15) is 0 Å². The van der Waals surface area contributed by atoms with Gasteiger partial charge in [-0.2, -0.15) is 9.57 Å². The maximum absolute atomic E-state index is 13.4. The van der Waals surface area contributed by atoms with Gasteiger partial charge in [-0.25, -0.2) is 8.42 Å². The van der Waals surface area contributed by atoms with Crippen LogP contribution in [0.4, 0.5) is 0 Å².